The molecule has 5 heteroatoms. The largest absolute Gasteiger partial charge is 0.466 e. The number of hydrogen-bond acceptors (Lipinski definition) is 5. The van der Waals surface area contributed by atoms with Crippen LogP contribution in [0.4, 0.5) is 0 Å². The lowest BCUT2D eigenvalue weighted by molar-refractivity contribution is -0.140. The second-order valence-corrected chi connectivity index (χ2v) is 1.59. The highest BCUT2D eigenvalue weighted by atomic mass is 16.5. The third-order valence-corrected chi connectivity index (χ3v) is 0.505. The van der Waals surface area contributed by atoms with E-state index in [9.17, 15) is 9.59 Å². The molecule has 0 amide bonds. The van der Waals surface area contributed by atoms with Gasteiger partial charge in [-0.1, -0.05) is 0 Å². The smallest absolute Gasteiger partial charge is 0.302 e. The summed E-state index contributed by atoms with van der Waals surface area (Å²) >= 11 is 0. The topological polar surface area (TPSA) is 87.4 Å². The third-order valence-electron chi connectivity index (χ3n) is 0.505. The van der Waals surface area contributed by atoms with Crippen molar-refractivity contribution in [1.29, 1.82) is 5.26 Å². The van der Waals surface area contributed by atoms with Gasteiger partial charge in [0.1, 0.15) is 6.07 Å². The van der Waals surface area contributed by atoms with Crippen LogP contribution in [-0.4, -0.2) is 30.6 Å². The minimum absolute atomic E-state index is 0.211. The van der Waals surface area contributed by atoms with Gasteiger partial charge in [0.15, 0.2) is 0 Å². The van der Waals surface area contributed by atoms with Gasteiger partial charge in [0.2, 0.25) is 5.78 Å². The summed E-state index contributed by atoms with van der Waals surface area (Å²) in [6.45, 7) is 4.88. The molecule has 0 aromatic rings. The summed E-state index contributed by atoms with van der Waals surface area (Å²) in [5.41, 5.74) is 0. The van der Waals surface area contributed by atoms with Gasteiger partial charge in [-0.3, -0.25) is 9.59 Å². The quantitative estimate of drug-likeness (QED) is 0.472. The van der Waals surface area contributed by atoms with Crippen LogP contribution in [0.1, 0.15) is 20.8 Å². The molecule has 0 aliphatic carbocycles. The molecule has 0 aromatic heterocycles. The molecule has 0 fully saturated rings. The van der Waals surface area contributed by atoms with Crippen LogP contribution >= 0.6 is 0 Å². The van der Waals surface area contributed by atoms with Gasteiger partial charge in [-0.05, 0) is 6.92 Å². The second-order valence-electron chi connectivity index (χ2n) is 1.59. The Bertz CT molecular complexity index is 171. The van der Waals surface area contributed by atoms with Crippen molar-refractivity contribution in [3.8, 4) is 6.07 Å². The first-order valence-corrected chi connectivity index (χ1v) is 3.53. The zero-order valence-electron chi connectivity index (χ0n) is 8.33. The number of carbonyl (C=O) groups excluding carboxylic acids is 2. The fraction of sp³-hybridized carbons (Fsp3) is 0.625. The number of ketones is 1. The molecule has 0 unspecified atom stereocenters. The van der Waals surface area contributed by atoms with Crippen LogP contribution in [0.3, 0.4) is 0 Å². The molecule has 0 saturated carbocycles. The number of ether oxygens (including phenoxy) is 1. The van der Waals surface area contributed by atoms with Crippen LogP contribution in [0.2, 0.25) is 0 Å². The van der Waals surface area contributed by atoms with E-state index in [1.54, 1.807) is 6.92 Å². The number of aliphatic hydroxyl groups excluding tert-OH is 1. The Hall–Kier alpha value is -1.41. The standard InChI is InChI=1S/C4H8O2.C3H3NO.CH4O/c1-3-6-4(2)5;1-3(5)2-4;1-2/h3H2,1-2H3;1H3;2H,1H3. The van der Waals surface area contributed by atoms with Gasteiger partial charge >= 0.3 is 5.97 Å². The van der Waals surface area contributed by atoms with Crippen molar-refractivity contribution < 1.29 is 19.4 Å². The van der Waals surface area contributed by atoms with Gasteiger partial charge < -0.3 is 9.84 Å². The van der Waals surface area contributed by atoms with Crippen molar-refractivity contribution in [2.24, 2.45) is 0 Å². The Kier molecular flexibility index (Phi) is 22.9. The summed E-state index contributed by atoms with van der Waals surface area (Å²) in [6, 6.07) is 1.39. The molecule has 0 aliphatic rings. The first-order chi connectivity index (χ1) is 6.04. The van der Waals surface area contributed by atoms with Gasteiger partial charge in [-0.2, -0.15) is 5.26 Å². The van der Waals surface area contributed by atoms with Crippen molar-refractivity contribution >= 4 is 11.8 Å². The van der Waals surface area contributed by atoms with E-state index in [0.29, 0.717) is 6.61 Å². The zero-order valence-corrected chi connectivity index (χ0v) is 8.33. The molecule has 13 heavy (non-hydrogen) atoms. The number of rotatable bonds is 1. The average molecular weight is 189 g/mol. The van der Waals surface area contributed by atoms with Crippen molar-refractivity contribution in [3.05, 3.63) is 0 Å². The lowest BCUT2D eigenvalue weighted by Crippen LogP contribution is -1.95. The van der Waals surface area contributed by atoms with E-state index >= 15 is 0 Å². The summed E-state index contributed by atoms with van der Waals surface area (Å²) in [6.07, 6.45) is 0. The number of esters is 1. The molecule has 0 bridgehead atoms. The molecule has 1 N–H and O–H groups in total. The van der Waals surface area contributed by atoms with E-state index in [0.717, 1.165) is 7.11 Å². The minimum Gasteiger partial charge on any atom is -0.466 e. The normalized spacial score (nSPS) is 6.15. The maximum atomic E-state index is 9.82. The highest BCUT2D eigenvalue weighted by Crippen LogP contribution is 1.69. The molecule has 0 aliphatic heterocycles. The molecular weight excluding hydrogens is 174 g/mol. The van der Waals surface area contributed by atoms with Gasteiger partial charge in [0, 0.05) is 21.0 Å². The van der Waals surface area contributed by atoms with Gasteiger partial charge in [-0.25, -0.2) is 0 Å². The lowest BCUT2D eigenvalue weighted by atomic mass is 10.5. The molecule has 76 valence electrons. The molecule has 0 saturated heterocycles. The summed E-state index contributed by atoms with van der Waals surface area (Å²) in [4.78, 5) is 19.3. The molecule has 0 aromatic carbocycles. The predicted octanol–water partition coefficient (Wildman–Crippen LogP) is 0.277. The maximum absolute atomic E-state index is 9.82. The second kappa shape index (κ2) is 16.9. The molecule has 0 heterocycles. The number of carbonyl (C=O) groups is 2. The summed E-state index contributed by atoms with van der Waals surface area (Å²) in [5.74, 6) is -0.650. The zero-order chi connectivity index (χ0) is 11.3. The Labute approximate surface area is 77.9 Å². The number of nitriles is 1. The highest BCUT2D eigenvalue weighted by Gasteiger charge is 1.81. The monoisotopic (exact) mass is 189 g/mol. The first-order valence-electron chi connectivity index (χ1n) is 3.53. The van der Waals surface area contributed by atoms with Crippen LogP contribution in [0, 0.1) is 11.3 Å². The van der Waals surface area contributed by atoms with E-state index < -0.39 is 5.78 Å². The van der Waals surface area contributed by atoms with Gasteiger partial charge in [0.25, 0.3) is 0 Å². The Morgan fingerprint density at radius 1 is 1.38 bits per heavy atom. The SMILES string of the molecule is CC(=O)C#N.CCOC(C)=O.CO. The predicted molar refractivity (Wildman–Crippen MR) is 46.7 cm³/mol. The highest BCUT2D eigenvalue weighted by molar-refractivity contribution is 5.90. The van der Waals surface area contributed by atoms with Crippen molar-refractivity contribution in [1.82, 2.24) is 0 Å². The fourth-order valence-corrected chi connectivity index (χ4v) is 0.203. The van der Waals surface area contributed by atoms with E-state index in [1.807, 2.05) is 0 Å². The molecule has 0 spiro atoms. The average Bonchev–Trinajstić information content (AvgIpc) is 2.09. The maximum Gasteiger partial charge on any atom is 0.302 e. The third kappa shape index (κ3) is 60.6. The van der Waals surface area contributed by atoms with Crippen LogP contribution in [0.5, 0.6) is 0 Å². The number of Topliss-reactive ketones (excluding diaryl/α,β-unsaturated/α-hetero) is 1. The van der Waals surface area contributed by atoms with Gasteiger partial charge in [-0.15, -0.1) is 0 Å². The first kappa shape index (κ1) is 17.6. The van der Waals surface area contributed by atoms with Crippen LogP contribution in [0.15, 0.2) is 0 Å². The summed E-state index contributed by atoms with van der Waals surface area (Å²) < 4.78 is 4.40. The van der Waals surface area contributed by atoms with Crippen molar-refractivity contribution in [3.63, 3.8) is 0 Å². The lowest BCUT2D eigenvalue weighted by Gasteiger charge is -1.89. The van der Waals surface area contributed by atoms with E-state index in [1.165, 1.54) is 19.9 Å². The molecular formula is C8H15NO4. The summed E-state index contributed by atoms with van der Waals surface area (Å²) in [7, 11) is 1.00. The Morgan fingerprint density at radius 2 is 1.69 bits per heavy atom. The molecule has 0 atom stereocenters. The summed E-state index contributed by atoms with van der Waals surface area (Å²) in [5, 5.41) is 14.5. The van der Waals surface area contributed by atoms with Crippen molar-refractivity contribution in [2.45, 2.75) is 20.8 Å². The van der Waals surface area contributed by atoms with Crippen molar-refractivity contribution in [2.75, 3.05) is 13.7 Å². The molecule has 0 radical (unpaired) electrons. The van der Waals surface area contributed by atoms with Crippen LogP contribution < -0.4 is 0 Å². The number of hydrogen-bond donors (Lipinski definition) is 1. The molecule has 5 nitrogen and oxygen atoms in total. The minimum atomic E-state index is -0.440. The van der Waals surface area contributed by atoms with E-state index in [2.05, 4.69) is 4.74 Å². The number of nitrogens with zero attached hydrogens (tertiary/aromatic N) is 1. The number of aliphatic hydroxyl groups is 1. The Balaban J connectivity index is -0.000000131. The fourth-order valence-electron chi connectivity index (χ4n) is 0.203. The van der Waals surface area contributed by atoms with Gasteiger partial charge in [0.05, 0.1) is 6.61 Å². The molecule has 0 rings (SSSR count). The van der Waals surface area contributed by atoms with Crippen LogP contribution in [0.25, 0.3) is 0 Å². The Morgan fingerprint density at radius 3 is 1.69 bits per heavy atom. The van der Waals surface area contributed by atoms with Crippen LogP contribution in [-0.2, 0) is 14.3 Å². The van der Waals surface area contributed by atoms with E-state index in [4.69, 9.17) is 10.4 Å². The van der Waals surface area contributed by atoms with E-state index in [-0.39, 0.29) is 5.97 Å².